The molecule has 2 N–H and O–H groups in total. The maximum atomic E-state index is 3.99. The number of H-pyrrole nitrogens is 1. The molecular weight excluding hydrogens is 150 g/mol. The van der Waals surface area contributed by atoms with Crippen LogP contribution in [0.25, 0.3) is 0 Å². The molecule has 3 heteroatoms. The highest BCUT2D eigenvalue weighted by molar-refractivity contribution is 5.57. The Labute approximate surface area is 70.5 Å². The van der Waals surface area contributed by atoms with E-state index in [0.29, 0.717) is 0 Å². The first kappa shape index (κ1) is 6.91. The normalized spacial score (nSPS) is 9.67. The second-order valence-corrected chi connectivity index (χ2v) is 2.47. The minimum absolute atomic E-state index is 0.997. The average Bonchev–Trinajstić information content (AvgIpc) is 2.59. The van der Waals surface area contributed by atoms with Crippen molar-refractivity contribution >= 4 is 11.4 Å². The number of rotatable bonds is 2. The molecule has 2 rings (SSSR count). The quantitative estimate of drug-likeness (QED) is 0.704. The number of anilines is 2. The SMILES string of the molecule is c1cncc(Nc2cc[nH]c2)c1. The molecule has 60 valence electrons. The molecule has 0 fully saturated rings. The highest BCUT2D eigenvalue weighted by Crippen LogP contribution is 2.12. The number of pyridine rings is 1. The second-order valence-electron chi connectivity index (χ2n) is 2.47. The van der Waals surface area contributed by atoms with Crippen LogP contribution in [0.15, 0.2) is 43.0 Å². The van der Waals surface area contributed by atoms with Crippen molar-refractivity contribution in [3.05, 3.63) is 43.0 Å². The third kappa shape index (κ3) is 1.45. The van der Waals surface area contributed by atoms with Gasteiger partial charge in [-0.25, -0.2) is 0 Å². The number of nitrogens with one attached hydrogen (secondary N) is 2. The molecule has 0 aliphatic heterocycles. The van der Waals surface area contributed by atoms with Gasteiger partial charge < -0.3 is 10.3 Å². The van der Waals surface area contributed by atoms with Gasteiger partial charge in [-0.2, -0.15) is 0 Å². The number of aromatic amines is 1. The van der Waals surface area contributed by atoms with Crippen molar-refractivity contribution in [3.63, 3.8) is 0 Å². The number of hydrogen-bond acceptors (Lipinski definition) is 2. The lowest BCUT2D eigenvalue weighted by Gasteiger charge is -2.00. The Hall–Kier alpha value is -1.77. The standard InChI is InChI=1S/C9H9N3/c1-2-8(6-10-4-1)12-9-3-5-11-7-9/h1-7,11-12H. The fraction of sp³-hybridized carbons (Fsp3) is 0. The molecule has 2 aromatic heterocycles. The zero-order valence-corrected chi connectivity index (χ0v) is 6.49. The van der Waals surface area contributed by atoms with Crippen LogP contribution >= 0.6 is 0 Å². The lowest BCUT2D eigenvalue weighted by atomic mass is 10.4. The van der Waals surface area contributed by atoms with Gasteiger partial charge in [0.15, 0.2) is 0 Å². The molecule has 0 amide bonds. The average molecular weight is 159 g/mol. The summed E-state index contributed by atoms with van der Waals surface area (Å²) in [5, 5.41) is 3.19. The van der Waals surface area contributed by atoms with E-state index in [1.54, 1.807) is 12.4 Å². The van der Waals surface area contributed by atoms with Gasteiger partial charge in [0.05, 0.1) is 17.6 Å². The summed E-state index contributed by atoms with van der Waals surface area (Å²) in [5.41, 5.74) is 2.04. The van der Waals surface area contributed by atoms with Gasteiger partial charge in [-0.3, -0.25) is 4.98 Å². The molecule has 3 nitrogen and oxygen atoms in total. The van der Waals surface area contributed by atoms with E-state index < -0.39 is 0 Å². The van der Waals surface area contributed by atoms with E-state index in [1.807, 2.05) is 30.6 Å². The molecule has 0 saturated carbocycles. The summed E-state index contributed by atoms with van der Waals surface area (Å²) in [5.74, 6) is 0. The zero-order valence-electron chi connectivity index (χ0n) is 6.49. The van der Waals surface area contributed by atoms with Crippen LogP contribution in [0, 0.1) is 0 Å². The van der Waals surface area contributed by atoms with E-state index >= 15 is 0 Å². The monoisotopic (exact) mass is 159 g/mol. The van der Waals surface area contributed by atoms with Crippen LogP contribution in [0.5, 0.6) is 0 Å². The lowest BCUT2D eigenvalue weighted by Crippen LogP contribution is -1.87. The summed E-state index contributed by atoms with van der Waals surface area (Å²) in [6, 6.07) is 5.84. The predicted molar refractivity (Wildman–Crippen MR) is 48.3 cm³/mol. The molecule has 0 atom stereocenters. The minimum Gasteiger partial charge on any atom is -0.366 e. The Balaban J connectivity index is 2.15. The van der Waals surface area contributed by atoms with E-state index in [9.17, 15) is 0 Å². The summed E-state index contributed by atoms with van der Waals surface area (Å²) < 4.78 is 0. The fourth-order valence-electron chi connectivity index (χ4n) is 1.01. The van der Waals surface area contributed by atoms with Crippen LogP contribution < -0.4 is 5.32 Å². The van der Waals surface area contributed by atoms with Crippen LogP contribution in [-0.4, -0.2) is 9.97 Å². The predicted octanol–water partition coefficient (Wildman–Crippen LogP) is 2.15. The second kappa shape index (κ2) is 3.09. The zero-order chi connectivity index (χ0) is 8.23. The Morgan fingerprint density at radius 3 is 2.92 bits per heavy atom. The van der Waals surface area contributed by atoms with E-state index in [0.717, 1.165) is 11.4 Å². The molecule has 0 aliphatic rings. The van der Waals surface area contributed by atoms with Gasteiger partial charge in [0.1, 0.15) is 0 Å². The molecule has 0 aliphatic carbocycles. The van der Waals surface area contributed by atoms with Gasteiger partial charge in [0.2, 0.25) is 0 Å². The van der Waals surface area contributed by atoms with Gasteiger partial charge in [-0.1, -0.05) is 0 Å². The first-order chi connectivity index (χ1) is 5.95. The Bertz CT molecular complexity index is 326. The van der Waals surface area contributed by atoms with Crippen molar-refractivity contribution in [1.82, 2.24) is 9.97 Å². The molecule has 0 aromatic carbocycles. The molecule has 2 heterocycles. The maximum Gasteiger partial charge on any atom is 0.0571 e. The van der Waals surface area contributed by atoms with Gasteiger partial charge in [0.25, 0.3) is 0 Å². The smallest absolute Gasteiger partial charge is 0.0571 e. The molecule has 0 spiro atoms. The van der Waals surface area contributed by atoms with Crippen molar-refractivity contribution in [2.45, 2.75) is 0 Å². The van der Waals surface area contributed by atoms with Crippen molar-refractivity contribution in [1.29, 1.82) is 0 Å². The Morgan fingerprint density at radius 1 is 1.25 bits per heavy atom. The van der Waals surface area contributed by atoms with E-state index in [2.05, 4.69) is 15.3 Å². The third-order valence-electron chi connectivity index (χ3n) is 1.55. The van der Waals surface area contributed by atoms with Gasteiger partial charge >= 0.3 is 0 Å². The number of hydrogen-bond donors (Lipinski definition) is 2. The molecule has 2 aromatic rings. The minimum atomic E-state index is 0.997. The molecule has 12 heavy (non-hydrogen) atoms. The van der Waals surface area contributed by atoms with Crippen molar-refractivity contribution < 1.29 is 0 Å². The molecule has 0 saturated heterocycles. The van der Waals surface area contributed by atoms with E-state index in [4.69, 9.17) is 0 Å². The van der Waals surface area contributed by atoms with E-state index in [1.165, 1.54) is 0 Å². The summed E-state index contributed by atoms with van der Waals surface area (Å²) in [4.78, 5) is 6.96. The first-order valence-electron chi connectivity index (χ1n) is 3.75. The number of nitrogens with zero attached hydrogens (tertiary/aromatic N) is 1. The molecular formula is C9H9N3. The van der Waals surface area contributed by atoms with E-state index in [-0.39, 0.29) is 0 Å². The third-order valence-corrected chi connectivity index (χ3v) is 1.55. The van der Waals surface area contributed by atoms with Crippen LogP contribution in [0.2, 0.25) is 0 Å². The highest BCUT2D eigenvalue weighted by atomic mass is 14.9. The fourth-order valence-corrected chi connectivity index (χ4v) is 1.01. The van der Waals surface area contributed by atoms with Crippen LogP contribution in [-0.2, 0) is 0 Å². The largest absolute Gasteiger partial charge is 0.366 e. The Kier molecular flexibility index (Phi) is 1.78. The molecule has 0 bridgehead atoms. The summed E-state index contributed by atoms with van der Waals surface area (Å²) >= 11 is 0. The van der Waals surface area contributed by atoms with Gasteiger partial charge in [0, 0.05) is 18.6 Å². The Morgan fingerprint density at radius 2 is 2.25 bits per heavy atom. The summed E-state index contributed by atoms with van der Waals surface area (Å²) in [6.45, 7) is 0. The van der Waals surface area contributed by atoms with Crippen LogP contribution in [0.1, 0.15) is 0 Å². The molecule has 0 unspecified atom stereocenters. The lowest BCUT2D eigenvalue weighted by molar-refractivity contribution is 1.32. The maximum absolute atomic E-state index is 3.99. The van der Waals surface area contributed by atoms with Crippen molar-refractivity contribution in [2.24, 2.45) is 0 Å². The summed E-state index contributed by atoms with van der Waals surface area (Å²) in [7, 11) is 0. The van der Waals surface area contributed by atoms with Gasteiger partial charge in [-0.05, 0) is 18.2 Å². The first-order valence-corrected chi connectivity index (χ1v) is 3.75. The van der Waals surface area contributed by atoms with Crippen molar-refractivity contribution in [2.75, 3.05) is 5.32 Å². The van der Waals surface area contributed by atoms with Crippen molar-refractivity contribution in [3.8, 4) is 0 Å². The number of aromatic nitrogens is 2. The van der Waals surface area contributed by atoms with Crippen LogP contribution in [0.4, 0.5) is 11.4 Å². The summed E-state index contributed by atoms with van der Waals surface area (Å²) in [6.07, 6.45) is 7.31. The topological polar surface area (TPSA) is 40.7 Å². The highest BCUT2D eigenvalue weighted by Gasteiger charge is 1.91. The van der Waals surface area contributed by atoms with Gasteiger partial charge in [-0.15, -0.1) is 0 Å². The van der Waals surface area contributed by atoms with Crippen LogP contribution in [0.3, 0.4) is 0 Å². The molecule has 0 radical (unpaired) electrons.